The monoisotopic (exact) mass is 390 g/mol. The standard InChI is InChI=1S/C18H18N2O6S/c1-4-7-20-16(22)12(15(21)19-18(20)27)8-11-5-6-13(14(9-11)25-3)26-10(2)17(23)24/h4-6,8-10H,1,7H2,2-3H3,(H,23,24)(H,19,21,27)/b12-8-/t10-/m1/s1. The minimum atomic E-state index is -1.12. The minimum absolute atomic E-state index is 0.0195. The number of hydrogen-bond donors (Lipinski definition) is 2. The Morgan fingerprint density at radius 2 is 2.11 bits per heavy atom. The maximum absolute atomic E-state index is 12.5. The first-order valence-corrected chi connectivity index (χ1v) is 8.26. The van der Waals surface area contributed by atoms with Gasteiger partial charge in [-0.15, -0.1) is 6.58 Å². The number of carbonyl (C=O) groups excluding carboxylic acids is 2. The zero-order valence-corrected chi connectivity index (χ0v) is 15.5. The molecule has 1 heterocycles. The lowest BCUT2D eigenvalue weighted by atomic mass is 10.1. The second-order valence-electron chi connectivity index (χ2n) is 5.53. The molecular weight excluding hydrogens is 372 g/mol. The molecule has 0 bridgehead atoms. The molecule has 1 saturated heterocycles. The van der Waals surface area contributed by atoms with Crippen molar-refractivity contribution < 1.29 is 29.0 Å². The predicted molar refractivity (Wildman–Crippen MR) is 101 cm³/mol. The van der Waals surface area contributed by atoms with E-state index >= 15 is 0 Å². The fourth-order valence-corrected chi connectivity index (χ4v) is 2.52. The second-order valence-corrected chi connectivity index (χ2v) is 5.92. The van der Waals surface area contributed by atoms with Crippen molar-refractivity contribution in [2.24, 2.45) is 0 Å². The van der Waals surface area contributed by atoms with Crippen molar-refractivity contribution in [3.05, 3.63) is 42.0 Å². The third-order valence-electron chi connectivity index (χ3n) is 3.65. The lowest BCUT2D eigenvalue weighted by Gasteiger charge is -2.27. The summed E-state index contributed by atoms with van der Waals surface area (Å²) in [6.45, 7) is 5.12. The van der Waals surface area contributed by atoms with Gasteiger partial charge in [0.25, 0.3) is 11.8 Å². The van der Waals surface area contributed by atoms with Crippen LogP contribution in [0.2, 0.25) is 0 Å². The van der Waals surface area contributed by atoms with Gasteiger partial charge in [-0.1, -0.05) is 12.1 Å². The van der Waals surface area contributed by atoms with Crippen molar-refractivity contribution in [3.63, 3.8) is 0 Å². The summed E-state index contributed by atoms with van der Waals surface area (Å²) in [5, 5.41) is 11.4. The van der Waals surface area contributed by atoms with Crippen molar-refractivity contribution in [1.82, 2.24) is 10.2 Å². The molecular formula is C18H18N2O6S. The molecule has 0 unspecified atom stereocenters. The van der Waals surface area contributed by atoms with Crippen LogP contribution < -0.4 is 14.8 Å². The van der Waals surface area contributed by atoms with Crippen LogP contribution in [0.1, 0.15) is 12.5 Å². The normalized spacial score (nSPS) is 16.7. The Balaban J connectivity index is 2.35. The van der Waals surface area contributed by atoms with Gasteiger partial charge in [-0.05, 0) is 42.9 Å². The lowest BCUT2D eigenvalue weighted by Crippen LogP contribution is -2.53. The highest BCUT2D eigenvalue weighted by molar-refractivity contribution is 7.80. The Morgan fingerprint density at radius 3 is 2.70 bits per heavy atom. The molecule has 1 aromatic carbocycles. The average molecular weight is 390 g/mol. The first kappa shape index (κ1) is 20.1. The van der Waals surface area contributed by atoms with Crippen molar-refractivity contribution >= 4 is 41.2 Å². The van der Waals surface area contributed by atoms with E-state index in [-0.39, 0.29) is 28.7 Å². The molecule has 2 N–H and O–H groups in total. The van der Waals surface area contributed by atoms with Gasteiger partial charge in [0.1, 0.15) is 5.57 Å². The van der Waals surface area contributed by atoms with Crippen molar-refractivity contribution in [3.8, 4) is 11.5 Å². The van der Waals surface area contributed by atoms with Gasteiger partial charge in [-0.25, -0.2) is 4.79 Å². The molecule has 9 heteroatoms. The highest BCUT2D eigenvalue weighted by atomic mass is 32.1. The summed E-state index contributed by atoms with van der Waals surface area (Å²) >= 11 is 5.00. The van der Waals surface area contributed by atoms with Crippen LogP contribution in [0.25, 0.3) is 6.08 Å². The molecule has 0 aromatic heterocycles. The zero-order chi connectivity index (χ0) is 20.1. The molecule has 1 aliphatic heterocycles. The number of rotatable bonds is 7. The summed E-state index contributed by atoms with van der Waals surface area (Å²) in [7, 11) is 1.40. The number of nitrogens with zero attached hydrogens (tertiary/aromatic N) is 1. The molecule has 1 fully saturated rings. The van der Waals surface area contributed by atoms with E-state index in [2.05, 4.69) is 11.9 Å². The summed E-state index contributed by atoms with van der Waals surface area (Å²) in [5.74, 6) is -1.78. The number of ether oxygens (including phenoxy) is 2. The SMILES string of the molecule is C=CCN1C(=O)/C(=C\c2ccc(O[C@H](C)C(=O)O)c(OC)c2)C(=O)NC1=S. The smallest absolute Gasteiger partial charge is 0.344 e. The Bertz CT molecular complexity index is 848. The molecule has 0 radical (unpaired) electrons. The first-order valence-electron chi connectivity index (χ1n) is 7.85. The van der Waals surface area contributed by atoms with Crippen LogP contribution in [0.4, 0.5) is 0 Å². The van der Waals surface area contributed by atoms with Crippen LogP contribution in [0, 0.1) is 0 Å². The number of benzene rings is 1. The quantitative estimate of drug-likeness (QED) is 0.313. The molecule has 2 rings (SSSR count). The fourth-order valence-electron chi connectivity index (χ4n) is 2.27. The first-order chi connectivity index (χ1) is 12.8. The van der Waals surface area contributed by atoms with Gasteiger partial charge >= 0.3 is 5.97 Å². The molecule has 0 aliphatic carbocycles. The maximum atomic E-state index is 12.5. The van der Waals surface area contributed by atoms with E-state index in [9.17, 15) is 14.4 Å². The van der Waals surface area contributed by atoms with E-state index < -0.39 is 23.9 Å². The zero-order valence-electron chi connectivity index (χ0n) is 14.7. The number of methoxy groups -OCH3 is 1. The summed E-state index contributed by atoms with van der Waals surface area (Å²) in [6, 6.07) is 4.61. The van der Waals surface area contributed by atoms with Crippen LogP contribution in [-0.2, 0) is 14.4 Å². The van der Waals surface area contributed by atoms with Gasteiger partial charge in [-0.2, -0.15) is 0 Å². The molecule has 1 aromatic rings. The number of aliphatic carboxylic acids is 1. The summed E-state index contributed by atoms with van der Waals surface area (Å²) in [5.41, 5.74) is 0.395. The number of carboxylic acids is 1. The van der Waals surface area contributed by atoms with Crippen molar-refractivity contribution in [2.75, 3.05) is 13.7 Å². The second kappa shape index (κ2) is 8.45. The highest BCUT2D eigenvalue weighted by Gasteiger charge is 2.32. The number of nitrogens with one attached hydrogen (secondary N) is 1. The van der Waals surface area contributed by atoms with E-state index in [0.29, 0.717) is 5.56 Å². The topological polar surface area (TPSA) is 105 Å². The maximum Gasteiger partial charge on any atom is 0.344 e. The van der Waals surface area contributed by atoms with Crippen molar-refractivity contribution in [1.29, 1.82) is 0 Å². The molecule has 2 amide bonds. The largest absolute Gasteiger partial charge is 0.493 e. The number of amides is 2. The molecule has 0 saturated carbocycles. The van der Waals surface area contributed by atoms with Crippen LogP contribution in [0.15, 0.2) is 36.4 Å². The molecule has 8 nitrogen and oxygen atoms in total. The Labute approximate surface area is 161 Å². The van der Waals surface area contributed by atoms with E-state index in [1.165, 1.54) is 43.2 Å². The molecule has 142 valence electrons. The lowest BCUT2D eigenvalue weighted by molar-refractivity contribution is -0.144. The average Bonchev–Trinajstić information content (AvgIpc) is 2.63. The van der Waals surface area contributed by atoms with Gasteiger partial charge < -0.3 is 14.6 Å². The Kier molecular flexibility index (Phi) is 6.30. The summed E-state index contributed by atoms with van der Waals surface area (Å²) in [6.07, 6.45) is 1.82. The molecule has 1 atom stereocenters. The Morgan fingerprint density at radius 1 is 1.41 bits per heavy atom. The van der Waals surface area contributed by atoms with Crippen molar-refractivity contribution in [2.45, 2.75) is 13.0 Å². The van der Waals surface area contributed by atoms with E-state index in [1.807, 2.05) is 0 Å². The van der Waals surface area contributed by atoms with Crippen LogP contribution in [0.5, 0.6) is 11.5 Å². The minimum Gasteiger partial charge on any atom is -0.493 e. The predicted octanol–water partition coefficient (Wildman–Crippen LogP) is 1.36. The van der Waals surface area contributed by atoms with E-state index in [1.54, 1.807) is 6.07 Å². The third-order valence-corrected chi connectivity index (χ3v) is 3.97. The molecule has 0 spiro atoms. The highest BCUT2D eigenvalue weighted by Crippen LogP contribution is 2.30. The van der Waals surface area contributed by atoms with Crippen LogP contribution in [0.3, 0.4) is 0 Å². The Hall–Kier alpha value is -3.20. The third kappa shape index (κ3) is 4.50. The fraction of sp³-hybridized carbons (Fsp3) is 0.222. The number of carbonyl (C=O) groups is 3. The van der Waals surface area contributed by atoms with Gasteiger partial charge in [0.05, 0.1) is 7.11 Å². The molecule has 27 heavy (non-hydrogen) atoms. The van der Waals surface area contributed by atoms with E-state index in [0.717, 1.165) is 0 Å². The number of hydrogen-bond acceptors (Lipinski definition) is 6. The van der Waals surface area contributed by atoms with E-state index in [4.69, 9.17) is 26.8 Å². The summed E-state index contributed by atoms with van der Waals surface area (Å²) < 4.78 is 10.5. The number of thiocarbonyl (C=S) groups is 1. The summed E-state index contributed by atoms with van der Waals surface area (Å²) in [4.78, 5) is 36.8. The molecule has 1 aliphatic rings. The van der Waals surface area contributed by atoms with Crippen LogP contribution in [-0.4, -0.2) is 52.7 Å². The van der Waals surface area contributed by atoms with Crippen LogP contribution >= 0.6 is 12.2 Å². The number of carboxylic acid groups (broad SMARTS) is 1. The van der Waals surface area contributed by atoms with Gasteiger partial charge in [-0.3, -0.25) is 19.8 Å². The van der Waals surface area contributed by atoms with Gasteiger partial charge in [0, 0.05) is 6.54 Å². The van der Waals surface area contributed by atoms with Gasteiger partial charge in [0.15, 0.2) is 22.7 Å². The van der Waals surface area contributed by atoms with Gasteiger partial charge in [0.2, 0.25) is 0 Å².